The summed E-state index contributed by atoms with van der Waals surface area (Å²) in [6.07, 6.45) is 3.54. The van der Waals surface area contributed by atoms with Crippen LogP contribution in [-0.4, -0.2) is 61.1 Å². The minimum atomic E-state index is -0.496. The molecule has 0 bridgehead atoms. The Morgan fingerprint density at radius 2 is 1.77 bits per heavy atom. The molecule has 1 aliphatic rings. The maximum atomic E-state index is 12.5. The normalized spacial score (nSPS) is 16.6. The number of guanidine groups is 1. The first kappa shape index (κ1) is 22.3. The van der Waals surface area contributed by atoms with E-state index in [9.17, 15) is 9.59 Å². The topological polar surface area (TPSA) is 83.0 Å². The summed E-state index contributed by atoms with van der Waals surface area (Å²) in [5.41, 5.74) is -0.496. The van der Waals surface area contributed by atoms with Crippen molar-refractivity contribution in [2.75, 3.05) is 26.7 Å². The van der Waals surface area contributed by atoms with Gasteiger partial charge in [-0.05, 0) is 46.5 Å². The maximum absolute atomic E-state index is 12.5. The fourth-order valence-corrected chi connectivity index (χ4v) is 3.06. The van der Waals surface area contributed by atoms with Gasteiger partial charge in [0.15, 0.2) is 5.96 Å². The molecule has 0 aromatic heterocycles. The van der Waals surface area contributed by atoms with Crippen molar-refractivity contribution in [1.29, 1.82) is 0 Å². The summed E-state index contributed by atoms with van der Waals surface area (Å²) in [5, 5.41) is 6.33. The highest BCUT2D eigenvalue weighted by Gasteiger charge is 2.27. The molecule has 0 aliphatic carbocycles. The molecule has 7 nitrogen and oxygen atoms in total. The lowest BCUT2D eigenvalue weighted by atomic mass is 9.98. The summed E-state index contributed by atoms with van der Waals surface area (Å²) in [6.45, 7) is 11.3. The van der Waals surface area contributed by atoms with Gasteiger partial charge in [-0.15, -0.1) is 0 Å². The molecule has 1 fully saturated rings. The monoisotopic (exact) mass is 368 g/mol. The van der Waals surface area contributed by atoms with E-state index in [1.54, 1.807) is 7.05 Å². The van der Waals surface area contributed by atoms with E-state index in [1.165, 1.54) is 0 Å². The quantitative estimate of drug-likeness (QED) is 0.425. The van der Waals surface area contributed by atoms with Gasteiger partial charge in [0, 0.05) is 32.1 Å². The van der Waals surface area contributed by atoms with Gasteiger partial charge in [0.25, 0.3) is 0 Å². The van der Waals surface area contributed by atoms with Gasteiger partial charge in [0.2, 0.25) is 5.91 Å². The predicted octanol–water partition coefficient (Wildman–Crippen LogP) is 1.92. The molecule has 0 aromatic carbocycles. The molecule has 1 aliphatic heterocycles. The first-order chi connectivity index (χ1) is 12.2. The number of rotatable bonds is 6. The molecule has 0 radical (unpaired) electrons. The van der Waals surface area contributed by atoms with E-state index in [-0.39, 0.29) is 30.4 Å². The van der Waals surface area contributed by atoms with Gasteiger partial charge in [-0.1, -0.05) is 13.8 Å². The van der Waals surface area contributed by atoms with Crippen molar-refractivity contribution in [2.45, 2.75) is 71.9 Å². The number of esters is 1. The number of hydrogen-bond donors (Lipinski definition) is 2. The van der Waals surface area contributed by atoms with Crippen molar-refractivity contribution < 1.29 is 14.3 Å². The number of amides is 1. The molecule has 2 N–H and O–H groups in total. The Balaban J connectivity index is 2.40. The molecular formula is C19H36N4O3. The van der Waals surface area contributed by atoms with Crippen LogP contribution in [0, 0.1) is 5.92 Å². The Labute approximate surface area is 157 Å². The van der Waals surface area contributed by atoms with Gasteiger partial charge in [-0.3, -0.25) is 14.6 Å². The van der Waals surface area contributed by atoms with Crippen LogP contribution in [-0.2, 0) is 14.3 Å². The third-order valence-electron chi connectivity index (χ3n) is 4.53. The Morgan fingerprint density at radius 1 is 1.19 bits per heavy atom. The number of nitrogens with one attached hydrogen (secondary N) is 2. The van der Waals surface area contributed by atoms with Crippen LogP contribution in [0.2, 0.25) is 0 Å². The molecule has 0 atom stereocenters. The van der Waals surface area contributed by atoms with Crippen LogP contribution in [0.5, 0.6) is 0 Å². The molecule has 0 spiro atoms. The average molecular weight is 369 g/mol. The molecule has 1 saturated heterocycles. The number of hydrogen-bond acceptors (Lipinski definition) is 4. The van der Waals surface area contributed by atoms with Gasteiger partial charge in [0.05, 0.1) is 0 Å². The Morgan fingerprint density at radius 3 is 2.23 bits per heavy atom. The standard InChI is InChI=1S/C19H36N4O3/c1-7-14(8-2)17(25)23-11-9-15(10-12-23)22-18(20-6)21-13-16(24)26-19(3,4)5/h14-15H,7-13H2,1-6H3,(H2,20,21,22). The summed E-state index contributed by atoms with van der Waals surface area (Å²) >= 11 is 0. The molecule has 1 heterocycles. The van der Waals surface area contributed by atoms with Gasteiger partial charge < -0.3 is 20.3 Å². The van der Waals surface area contributed by atoms with Gasteiger partial charge in [-0.25, -0.2) is 0 Å². The molecule has 1 rings (SSSR count). The van der Waals surface area contributed by atoms with Crippen molar-refractivity contribution in [1.82, 2.24) is 15.5 Å². The number of piperidine rings is 1. The SMILES string of the molecule is CCC(CC)C(=O)N1CCC(NC(=NC)NCC(=O)OC(C)(C)C)CC1. The number of nitrogens with zero attached hydrogens (tertiary/aromatic N) is 2. The van der Waals surface area contributed by atoms with Crippen LogP contribution in [0.15, 0.2) is 4.99 Å². The first-order valence-electron chi connectivity index (χ1n) is 9.68. The number of ether oxygens (including phenoxy) is 1. The lowest BCUT2D eigenvalue weighted by Crippen LogP contribution is -2.51. The minimum absolute atomic E-state index is 0.0724. The Hall–Kier alpha value is -1.79. The molecular weight excluding hydrogens is 332 g/mol. The Bertz CT molecular complexity index is 488. The van der Waals surface area contributed by atoms with Crippen molar-refractivity contribution in [3.8, 4) is 0 Å². The van der Waals surface area contributed by atoms with Crippen LogP contribution in [0.1, 0.15) is 60.3 Å². The van der Waals surface area contributed by atoms with E-state index < -0.39 is 5.60 Å². The van der Waals surface area contributed by atoms with Crippen molar-refractivity contribution in [3.05, 3.63) is 0 Å². The van der Waals surface area contributed by atoms with Crippen LogP contribution in [0.4, 0.5) is 0 Å². The fraction of sp³-hybridized carbons (Fsp3) is 0.842. The van der Waals surface area contributed by atoms with E-state index >= 15 is 0 Å². The molecule has 0 saturated carbocycles. The van der Waals surface area contributed by atoms with E-state index in [1.807, 2.05) is 25.7 Å². The zero-order valence-corrected chi connectivity index (χ0v) is 17.2. The second-order valence-corrected chi connectivity index (χ2v) is 7.77. The number of carbonyl (C=O) groups excluding carboxylic acids is 2. The van der Waals surface area contributed by atoms with E-state index in [4.69, 9.17) is 4.74 Å². The summed E-state index contributed by atoms with van der Waals surface area (Å²) < 4.78 is 5.28. The summed E-state index contributed by atoms with van der Waals surface area (Å²) in [4.78, 5) is 30.4. The summed E-state index contributed by atoms with van der Waals surface area (Å²) in [5.74, 6) is 0.690. The van der Waals surface area contributed by atoms with E-state index in [2.05, 4.69) is 29.5 Å². The van der Waals surface area contributed by atoms with Gasteiger partial charge in [-0.2, -0.15) is 0 Å². The second-order valence-electron chi connectivity index (χ2n) is 7.77. The van der Waals surface area contributed by atoms with Crippen molar-refractivity contribution in [3.63, 3.8) is 0 Å². The Kier molecular flexibility index (Phi) is 8.88. The highest BCUT2D eigenvalue weighted by Crippen LogP contribution is 2.17. The van der Waals surface area contributed by atoms with Crippen molar-refractivity contribution in [2.24, 2.45) is 10.9 Å². The first-order valence-corrected chi connectivity index (χ1v) is 9.68. The van der Waals surface area contributed by atoms with Crippen LogP contribution >= 0.6 is 0 Å². The zero-order chi connectivity index (χ0) is 19.7. The highest BCUT2D eigenvalue weighted by atomic mass is 16.6. The molecule has 1 amide bonds. The lowest BCUT2D eigenvalue weighted by Gasteiger charge is -2.34. The minimum Gasteiger partial charge on any atom is -0.459 e. The lowest BCUT2D eigenvalue weighted by molar-refractivity contribution is -0.153. The molecule has 0 unspecified atom stereocenters. The summed E-state index contributed by atoms with van der Waals surface area (Å²) in [7, 11) is 1.68. The van der Waals surface area contributed by atoms with E-state index in [0.717, 1.165) is 38.8 Å². The molecule has 150 valence electrons. The summed E-state index contributed by atoms with van der Waals surface area (Å²) in [6, 6.07) is 0.241. The number of likely N-dealkylation sites (tertiary alicyclic amines) is 1. The molecule has 26 heavy (non-hydrogen) atoms. The van der Waals surface area contributed by atoms with Crippen LogP contribution in [0.25, 0.3) is 0 Å². The average Bonchev–Trinajstić information content (AvgIpc) is 2.58. The molecule has 0 aromatic rings. The van der Waals surface area contributed by atoms with Crippen molar-refractivity contribution >= 4 is 17.8 Å². The third-order valence-corrected chi connectivity index (χ3v) is 4.53. The predicted molar refractivity (Wildman–Crippen MR) is 104 cm³/mol. The van der Waals surface area contributed by atoms with Crippen LogP contribution in [0.3, 0.4) is 0 Å². The van der Waals surface area contributed by atoms with E-state index in [0.29, 0.717) is 5.96 Å². The smallest absolute Gasteiger partial charge is 0.325 e. The number of carbonyl (C=O) groups is 2. The largest absolute Gasteiger partial charge is 0.459 e. The zero-order valence-electron chi connectivity index (χ0n) is 17.2. The van der Waals surface area contributed by atoms with Gasteiger partial charge in [0.1, 0.15) is 12.1 Å². The third kappa shape index (κ3) is 7.62. The number of aliphatic imine (C=N–C) groups is 1. The molecule has 7 heteroatoms. The highest BCUT2D eigenvalue weighted by molar-refractivity contribution is 5.84. The van der Waals surface area contributed by atoms with Crippen LogP contribution < -0.4 is 10.6 Å². The fourth-order valence-electron chi connectivity index (χ4n) is 3.06. The van der Waals surface area contributed by atoms with Gasteiger partial charge >= 0.3 is 5.97 Å². The second kappa shape index (κ2) is 10.4. The maximum Gasteiger partial charge on any atom is 0.325 e.